The summed E-state index contributed by atoms with van der Waals surface area (Å²) in [5.41, 5.74) is 10.1. The lowest BCUT2D eigenvalue weighted by Gasteiger charge is -2.07. The van der Waals surface area contributed by atoms with Gasteiger partial charge < -0.3 is 9.13 Å². The highest BCUT2D eigenvalue weighted by molar-refractivity contribution is 9.10. The monoisotopic (exact) mass is 784 g/mol. The van der Waals surface area contributed by atoms with Crippen molar-refractivity contribution in [1.29, 1.82) is 0 Å². The van der Waals surface area contributed by atoms with Crippen LogP contribution in [-0.2, 0) is 13.1 Å². The fourth-order valence-electron chi connectivity index (χ4n) is 7.37. The largest absolute Gasteiger partial charge is 0.340 e. The maximum absolute atomic E-state index is 3.71. The molecule has 0 bridgehead atoms. The van der Waals surface area contributed by atoms with Gasteiger partial charge in [0, 0.05) is 65.6 Å². The van der Waals surface area contributed by atoms with Gasteiger partial charge >= 0.3 is 0 Å². The fraction of sp³-hybridized carbons (Fsp3) is 0.261. The molecular formula is C46H46Br2N2. The van der Waals surface area contributed by atoms with Crippen LogP contribution in [-0.4, -0.2) is 9.13 Å². The summed E-state index contributed by atoms with van der Waals surface area (Å²) in [4.78, 5) is 0. The van der Waals surface area contributed by atoms with Gasteiger partial charge in [-0.2, -0.15) is 0 Å². The van der Waals surface area contributed by atoms with Crippen molar-refractivity contribution in [2.75, 3.05) is 0 Å². The minimum Gasteiger partial charge on any atom is -0.340 e. The smallest absolute Gasteiger partial charge is 0.0492 e. The summed E-state index contributed by atoms with van der Waals surface area (Å²) in [5, 5.41) is 5.27. The molecule has 0 N–H and O–H groups in total. The summed E-state index contributed by atoms with van der Waals surface area (Å²) in [6, 6.07) is 36.0. The highest BCUT2D eigenvalue weighted by Crippen LogP contribution is 2.34. The number of rotatable bonds is 14. The van der Waals surface area contributed by atoms with Gasteiger partial charge in [0.1, 0.15) is 0 Å². The van der Waals surface area contributed by atoms with Gasteiger partial charge in [-0.05, 0) is 95.8 Å². The van der Waals surface area contributed by atoms with E-state index < -0.39 is 0 Å². The number of nitrogens with zero attached hydrogens (tertiary/aromatic N) is 2. The van der Waals surface area contributed by atoms with Crippen LogP contribution in [0.4, 0.5) is 0 Å². The van der Waals surface area contributed by atoms with Crippen molar-refractivity contribution in [2.45, 2.75) is 78.3 Å². The van der Waals surface area contributed by atoms with Crippen LogP contribution in [0.25, 0.3) is 67.9 Å². The number of aryl methyl sites for hydroxylation is 2. The van der Waals surface area contributed by atoms with E-state index in [-0.39, 0.29) is 0 Å². The Balaban J connectivity index is 1.08. The Bertz CT molecular complexity index is 2150. The fourth-order valence-corrected chi connectivity index (χ4v) is 8.10. The van der Waals surface area contributed by atoms with Gasteiger partial charge in [0.15, 0.2) is 0 Å². The second-order valence-electron chi connectivity index (χ2n) is 13.6. The van der Waals surface area contributed by atoms with Crippen LogP contribution in [0.15, 0.2) is 106 Å². The lowest BCUT2D eigenvalue weighted by Crippen LogP contribution is -1.97. The molecule has 0 saturated carbocycles. The topological polar surface area (TPSA) is 9.86 Å². The molecule has 0 fully saturated rings. The average molecular weight is 787 g/mol. The maximum Gasteiger partial charge on any atom is 0.0492 e. The minimum absolute atomic E-state index is 1.06. The number of hydrogen-bond acceptors (Lipinski definition) is 0. The Kier molecular flexibility index (Phi) is 11.1. The van der Waals surface area contributed by atoms with Crippen LogP contribution < -0.4 is 0 Å². The van der Waals surface area contributed by atoms with Gasteiger partial charge in [0.25, 0.3) is 0 Å². The molecule has 50 heavy (non-hydrogen) atoms. The molecule has 4 heteroatoms. The summed E-state index contributed by atoms with van der Waals surface area (Å²) in [7, 11) is 0. The molecule has 0 atom stereocenters. The van der Waals surface area contributed by atoms with Crippen LogP contribution in [0.3, 0.4) is 0 Å². The summed E-state index contributed by atoms with van der Waals surface area (Å²) >= 11 is 7.43. The SMILES string of the molecule is CCCCCCn1c2ccc(Br)cc2c2cc(/C=C/c3ccc(/C=C/c4ccc5c(c4)c4cc(Br)ccc4n5CCCCCC)cc3)ccc21. The molecule has 0 aliphatic rings. The second-order valence-corrected chi connectivity index (χ2v) is 15.5. The van der Waals surface area contributed by atoms with Crippen molar-refractivity contribution in [3.05, 3.63) is 128 Å². The lowest BCUT2D eigenvalue weighted by atomic mass is 10.1. The van der Waals surface area contributed by atoms with Gasteiger partial charge in [-0.1, -0.05) is 145 Å². The van der Waals surface area contributed by atoms with Gasteiger partial charge in [-0.15, -0.1) is 0 Å². The predicted octanol–water partition coefficient (Wildman–Crippen LogP) is 14.9. The zero-order valence-electron chi connectivity index (χ0n) is 29.3. The third-order valence-electron chi connectivity index (χ3n) is 10.0. The number of unbranched alkanes of at least 4 members (excludes halogenated alkanes) is 6. The Morgan fingerprint density at radius 1 is 0.400 bits per heavy atom. The number of halogens is 2. The van der Waals surface area contributed by atoms with E-state index in [2.05, 4.69) is 176 Å². The van der Waals surface area contributed by atoms with Crippen LogP contribution in [0, 0.1) is 0 Å². The third-order valence-corrected chi connectivity index (χ3v) is 11.0. The number of benzene rings is 5. The highest BCUT2D eigenvalue weighted by atomic mass is 79.9. The second kappa shape index (κ2) is 16.0. The highest BCUT2D eigenvalue weighted by Gasteiger charge is 2.13. The Labute approximate surface area is 313 Å². The summed E-state index contributed by atoms with van der Waals surface area (Å²) < 4.78 is 7.27. The number of hydrogen-bond donors (Lipinski definition) is 0. The maximum atomic E-state index is 3.71. The van der Waals surface area contributed by atoms with E-state index >= 15 is 0 Å². The summed E-state index contributed by atoms with van der Waals surface area (Å²) in [6.07, 6.45) is 19.0. The van der Waals surface area contributed by atoms with Crippen LogP contribution >= 0.6 is 31.9 Å². The Hall–Kier alpha value is -3.86. The van der Waals surface area contributed by atoms with Crippen molar-refractivity contribution in [3.63, 3.8) is 0 Å². The normalized spacial score (nSPS) is 12.2. The Morgan fingerprint density at radius 3 is 1.14 bits per heavy atom. The molecule has 0 amide bonds. The third kappa shape index (κ3) is 7.57. The summed E-state index contributed by atoms with van der Waals surface area (Å²) in [6.45, 7) is 6.67. The molecule has 0 aliphatic heterocycles. The first-order valence-electron chi connectivity index (χ1n) is 18.4. The molecule has 7 rings (SSSR count). The van der Waals surface area contributed by atoms with E-state index in [0.29, 0.717) is 0 Å². The molecule has 0 saturated heterocycles. The molecule has 0 radical (unpaired) electrons. The van der Waals surface area contributed by atoms with Crippen molar-refractivity contribution in [2.24, 2.45) is 0 Å². The number of fused-ring (bicyclic) bond motifs is 6. The summed E-state index contributed by atoms with van der Waals surface area (Å²) in [5.74, 6) is 0. The average Bonchev–Trinajstić information content (AvgIpc) is 3.60. The minimum atomic E-state index is 1.06. The van der Waals surface area contributed by atoms with Crippen LogP contribution in [0.5, 0.6) is 0 Å². The first-order valence-corrected chi connectivity index (χ1v) is 20.0. The first-order chi connectivity index (χ1) is 24.5. The van der Waals surface area contributed by atoms with Crippen molar-refractivity contribution in [1.82, 2.24) is 9.13 Å². The number of aromatic nitrogens is 2. The first kappa shape index (κ1) is 34.6. The molecule has 0 spiro atoms. The van der Waals surface area contributed by atoms with E-state index in [1.807, 2.05) is 0 Å². The van der Waals surface area contributed by atoms with E-state index in [9.17, 15) is 0 Å². The predicted molar refractivity (Wildman–Crippen MR) is 227 cm³/mol. The van der Waals surface area contributed by atoms with Gasteiger partial charge in [0.05, 0.1) is 0 Å². The van der Waals surface area contributed by atoms with E-state index in [1.54, 1.807) is 0 Å². The molecule has 0 unspecified atom stereocenters. The van der Waals surface area contributed by atoms with Crippen LogP contribution in [0.2, 0.25) is 0 Å². The van der Waals surface area contributed by atoms with Gasteiger partial charge in [-0.25, -0.2) is 0 Å². The Morgan fingerprint density at radius 2 is 0.740 bits per heavy atom. The molecule has 7 aromatic rings. The molecule has 0 aliphatic carbocycles. The molecule has 254 valence electrons. The van der Waals surface area contributed by atoms with E-state index in [1.165, 1.54) is 117 Å². The zero-order valence-corrected chi connectivity index (χ0v) is 32.4. The lowest BCUT2D eigenvalue weighted by molar-refractivity contribution is 0.602. The van der Waals surface area contributed by atoms with Gasteiger partial charge in [-0.3, -0.25) is 0 Å². The molecule has 2 nitrogen and oxygen atoms in total. The van der Waals surface area contributed by atoms with Crippen molar-refractivity contribution in [3.8, 4) is 0 Å². The van der Waals surface area contributed by atoms with E-state index in [0.717, 1.165) is 22.0 Å². The standard InChI is InChI=1S/C46H46Br2N2/c1-3-5-7-9-27-49-43-23-19-35(29-39(43)41-31-37(47)21-25-45(41)49)17-15-33-11-13-34(14-12-33)16-18-36-20-24-44-40(30-36)42-32-38(48)22-26-46(42)50(44)28-10-8-6-4-2/h11-26,29-32H,3-10,27-28H2,1-2H3/b17-15+,18-16+. The van der Waals surface area contributed by atoms with Crippen molar-refractivity contribution < 1.29 is 0 Å². The quantitative estimate of drug-likeness (QED) is 0.0768. The molecule has 5 aromatic carbocycles. The molecule has 2 heterocycles. The van der Waals surface area contributed by atoms with E-state index in [4.69, 9.17) is 0 Å². The molecule has 2 aromatic heterocycles. The van der Waals surface area contributed by atoms with Crippen molar-refractivity contribution >= 4 is 99.8 Å². The van der Waals surface area contributed by atoms with Crippen LogP contribution in [0.1, 0.15) is 87.5 Å². The zero-order chi connectivity index (χ0) is 34.5. The van der Waals surface area contributed by atoms with Gasteiger partial charge in [0.2, 0.25) is 0 Å². The molecular weight excluding hydrogens is 740 g/mol.